The molecule has 0 saturated carbocycles. The summed E-state index contributed by atoms with van der Waals surface area (Å²) in [5.74, 6) is 1.24. The van der Waals surface area contributed by atoms with E-state index in [1.807, 2.05) is 49.4 Å². The molecular formula is C18H20N4O3S. The van der Waals surface area contributed by atoms with Gasteiger partial charge in [0.05, 0.1) is 6.54 Å². The number of hydrazine groups is 1. The lowest BCUT2D eigenvalue weighted by molar-refractivity contribution is -0.119. The maximum absolute atomic E-state index is 11.8. The summed E-state index contributed by atoms with van der Waals surface area (Å²) < 4.78 is 10.6. The zero-order valence-corrected chi connectivity index (χ0v) is 15.1. The lowest BCUT2D eigenvalue weighted by Crippen LogP contribution is -2.48. The summed E-state index contributed by atoms with van der Waals surface area (Å²) in [7, 11) is 0. The molecule has 0 saturated heterocycles. The normalized spacial score (nSPS) is 11.6. The van der Waals surface area contributed by atoms with Crippen molar-refractivity contribution in [2.75, 3.05) is 18.7 Å². The number of fused-ring (bicyclic) bond motifs is 1. The molecule has 2 aromatic rings. The van der Waals surface area contributed by atoms with Gasteiger partial charge in [-0.05, 0) is 49.0 Å². The monoisotopic (exact) mass is 372 g/mol. The van der Waals surface area contributed by atoms with Crippen molar-refractivity contribution >= 4 is 28.9 Å². The molecule has 1 aliphatic rings. The minimum Gasteiger partial charge on any atom is -0.454 e. The molecule has 0 aliphatic carbocycles. The molecular weight excluding hydrogens is 352 g/mol. The summed E-state index contributed by atoms with van der Waals surface area (Å²) in [6.07, 6.45) is 0. The number of carbonyl (C=O) groups is 1. The van der Waals surface area contributed by atoms with Crippen LogP contribution in [0.15, 0.2) is 42.5 Å². The molecule has 2 aromatic carbocycles. The molecule has 1 amide bonds. The van der Waals surface area contributed by atoms with Crippen molar-refractivity contribution in [1.29, 1.82) is 0 Å². The highest BCUT2D eigenvalue weighted by molar-refractivity contribution is 7.80. The van der Waals surface area contributed by atoms with Gasteiger partial charge in [0.2, 0.25) is 6.79 Å². The number of nitrogens with one attached hydrogen (secondary N) is 4. The minimum absolute atomic E-state index is 0.140. The Labute approximate surface area is 157 Å². The fourth-order valence-electron chi connectivity index (χ4n) is 2.30. The Bertz CT molecular complexity index is 796. The van der Waals surface area contributed by atoms with E-state index in [4.69, 9.17) is 21.7 Å². The summed E-state index contributed by atoms with van der Waals surface area (Å²) in [4.78, 5) is 11.8. The van der Waals surface area contributed by atoms with Gasteiger partial charge in [0.15, 0.2) is 16.6 Å². The van der Waals surface area contributed by atoms with Gasteiger partial charge in [-0.3, -0.25) is 15.6 Å². The summed E-state index contributed by atoms with van der Waals surface area (Å²) in [5.41, 5.74) is 8.26. The van der Waals surface area contributed by atoms with E-state index < -0.39 is 0 Å². The Kier molecular flexibility index (Phi) is 5.75. The molecule has 1 aliphatic heterocycles. The highest BCUT2D eigenvalue weighted by Gasteiger charge is 2.13. The van der Waals surface area contributed by atoms with Crippen molar-refractivity contribution in [2.45, 2.75) is 13.5 Å². The van der Waals surface area contributed by atoms with E-state index in [1.54, 1.807) is 0 Å². The fourth-order valence-corrected chi connectivity index (χ4v) is 2.43. The van der Waals surface area contributed by atoms with Crippen LogP contribution in [0.2, 0.25) is 0 Å². The van der Waals surface area contributed by atoms with E-state index in [2.05, 4.69) is 21.5 Å². The number of amides is 1. The van der Waals surface area contributed by atoms with Crippen LogP contribution in [0, 0.1) is 6.92 Å². The number of hydrogen-bond acceptors (Lipinski definition) is 5. The van der Waals surface area contributed by atoms with Crippen molar-refractivity contribution < 1.29 is 14.3 Å². The van der Waals surface area contributed by atoms with E-state index in [-0.39, 0.29) is 19.2 Å². The average Bonchev–Trinajstić information content (AvgIpc) is 3.12. The molecule has 7 nitrogen and oxygen atoms in total. The van der Waals surface area contributed by atoms with E-state index in [9.17, 15) is 4.79 Å². The number of thiocarbonyl (C=S) groups is 1. The van der Waals surface area contributed by atoms with Gasteiger partial charge in [-0.25, -0.2) is 0 Å². The van der Waals surface area contributed by atoms with Gasteiger partial charge in [0.25, 0.3) is 5.91 Å². The highest BCUT2D eigenvalue weighted by atomic mass is 32.1. The van der Waals surface area contributed by atoms with Gasteiger partial charge in [-0.15, -0.1) is 0 Å². The zero-order chi connectivity index (χ0) is 18.4. The second-order valence-corrected chi connectivity index (χ2v) is 6.17. The standard InChI is InChI=1S/C18H20N4O3S/c1-12-2-5-14(6-3-12)19-10-17(23)21-22-18(26)20-9-13-4-7-15-16(8-13)25-11-24-15/h2-8,19H,9-11H2,1H3,(H,21,23)(H2,20,22,26). The molecule has 8 heteroatoms. The first-order chi connectivity index (χ1) is 12.6. The minimum atomic E-state index is -0.224. The third-order valence-corrected chi connectivity index (χ3v) is 3.96. The molecule has 136 valence electrons. The van der Waals surface area contributed by atoms with Crippen LogP contribution in [0.4, 0.5) is 5.69 Å². The predicted molar refractivity (Wildman–Crippen MR) is 103 cm³/mol. The number of carbonyl (C=O) groups excluding carboxylic acids is 1. The average molecular weight is 372 g/mol. The van der Waals surface area contributed by atoms with Gasteiger partial charge in [-0.2, -0.15) is 0 Å². The highest BCUT2D eigenvalue weighted by Crippen LogP contribution is 2.32. The maximum atomic E-state index is 11.8. The number of rotatable bonds is 5. The van der Waals surface area contributed by atoms with Crippen molar-refractivity contribution in [2.24, 2.45) is 0 Å². The van der Waals surface area contributed by atoms with Gasteiger partial charge >= 0.3 is 0 Å². The Morgan fingerprint density at radius 3 is 2.65 bits per heavy atom. The number of benzene rings is 2. The molecule has 0 fully saturated rings. The Hall–Kier alpha value is -3.00. The van der Waals surface area contributed by atoms with Crippen LogP contribution in [0.1, 0.15) is 11.1 Å². The van der Waals surface area contributed by atoms with Crippen molar-refractivity contribution in [3.05, 3.63) is 53.6 Å². The first-order valence-corrected chi connectivity index (χ1v) is 8.53. The molecule has 0 atom stereocenters. The topological polar surface area (TPSA) is 83.7 Å². The van der Waals surface area contributed by atoms with Crippen LogP contribution < -0.4 is 31.0 Å². The lowest BCUT2D eigenvalue weighted by atomic mass is 10.2. The third-order valence-electron chi connectivity index (χ3n) is 3.71. The lowest BCUT2D eigenvalue weighted by Gasteiger charge is -2.12. The molecule has 3 rings (SSSR count). The Balaban J connectivity index is 1.35. The second-order valence-electron chi connectivity index (χ2n) is 5.76. The number of ether oxygens (including phenoxy) is 2. The van der Waals surface area contributed by atoms with Gasteiger partial charge < -0.3 is 20.1 Å². The molecule has 0 aromatic heterocycles. The number of anilines is 1. The van der Waals surface area contributed by atoms with Crippen LogP contribution in [-0.4, -0.2) is 24.4 Å². The van der Waals surface area contributed by atoms with Crippen molar-refractivity contribution in [3.63, 3.8) is 0 Å². The molecule has 1 heterocycles. The fraction of sp³-hybridized carbons (Fsp3) is 0.222. The molecule has 0 unspecified atom stereocenters. The smallest absolute Gasteiger partial charge is 0.257 e. The summed E-state index contributed by atoms with van der Waals surface area (Å²) in [5, 5.41) is 6.38. The van der Waals surface area contributed by atoms with E-state index >= 15 is 0 Å². The summed E-state index contributed by atoms with van der Waals surface area (Å²) >= 11 is 5.15. The largest absolute Gasteiger partial charge is 0.454 e. The van der Waals surface area contributed by atoms with Crippen molar-refractivity contribution in [1.82, 2.24) is 16.2 Å². The van der Waals surface area contributed by atoms with Crippen LogP contribution >= 0.6 is 12.2 Å². The van der Waals surface area contributed by atoms with Gasteiger partial charge in [0.1, 0.15) is 0 Å². The van der Waals surface area contributed by atoms with Crippen LogP contribution in [-0.2, 0) is 11.3 Å². The molecule has 4 N–H and O–H groups in total. The maximum Gasteiger partial charge on any atom is 0.257 e. The second kappa shape index (κ2) is 8.39. The first-order valence-electron chi connectivity index (χ1n) is 8.12. The van der Waals surface area contributed by atoms with Crippen LogP contribution in [0.5, 0.6) is 11.5 Å². The van der Waals surface area contributed by atoms with Gasteiger partial charge in [-0.1, -0.05) is 23.8 Å². The number of aryl methyl sites for hydroxylation is 1. The first kappa shape index (κ1) is 17.8. The van der Waals surface area contributed by atoms with Gasteiger partial charge in [0, 0.05) is 12.2 Å². The summed E-state index contributed by atoms with van der Waals surface area (Å²) in [6, 6.07) is 13.5. The third kappa shape index (κ3) is 5.00. The van der Waals surface area contributed by atoms with E-state index in [1.165, 1.54) is 5.56 Å². The molecule has 0 spiro atoms. The SMILES string of the molecule is Cc1ccc(NCC(=O)NNC(=S)NCc2ccc3c(c2)OCO3)cc1. The Morgan fingerprint density at radius 1 is 1.08 bits per heavy atom. The molecule has 0 bridgehead atoms. The Morgan fingerprint density at radius 2 is 1.85 bits per heavy atom. The molecule has 26 heavy (non-hydrogen) atoms. The van der Waals surface area contributed by atoms with E-state index in [0.29, 0.717) is 11.7 Å². The van der Waals surface area contributed by atoms with Crippen molar-refractivity contribution in [3.8, 4) is 11.5 Å². The quantitative estimate of drug-likeness (QED) is 0.471. The summed E-state index contributed by atoms with van der Waals surface area (Å²) in [6.45, 7) is 2.90. The van der Waals surface area contributed by atoms with E-state index in [0.717, 1.165) is 22.7 Å². The van der Waals surface area contributed by atoms with Crippen LogP contribution in [0.25, 0.3) is 0 Å². The predicted octanol–water partition coefficient (Wildman–Crippen LogP) is 1.83. The zero-order valence-electron chi connectivity index (χ0n) is 14.3. The number of hydrogen-bond donors (Lipinski definition) is 4. The molecule has 0 radical (unpaired) electrons. The van der Waals surface area contributed by atoms with Crippen LogP contribution in [0.3, 0.4) is 0 Å².